The number of benzene rings is 1. The largest absolute Gasteiger partial charge is 0.324 e. The van der Waals surface area contributed by atoms with Gasteiger partial charge < -0.3 is 5.73 Å². The lowest BCUT2D eigenvalue weighted by Crippen LogP contribution is -2.13. The van der Waals surface area contributed by atoms with Crippen molar-refractivity contribution in [3.63, 3.8) is 0 Å². The average Bonchev–Trinajstić information content (AvgIpc) is 2.32. The second-order valence-corrected chi connectivity index (χ2v) is 4.23. The van der Waals surface area contributed by atoms with E-state index in [4.69, 9.17) is 5.73 Å². The topological polar surface area (TPSA) is 38.9 Å². The predicted octanol–water partition coefficient (Wildman–Crippen LogP) is 2.77. The Kier molecular flexibility index (Phi) is 3.49. The van der Waals surface area contributed by atoms with Crippen LogP contribution >= 0.6 is 0 Å². The van der Waals surface area contributed by atoms with Crippen LogP contribution < -0.4 is 5.73 Å². The third-order valence-corrected chi connectivity index (χ3v) is 2.69. The van der Waals surface area contributed by atoms with E-state index in [-0.39, 0.29) is 11.9 Å². The number of rotatable bonds is 3. The van der Waals surface area contributed by atoms with E-state index < -0.39 is 0 Å². The normalized spacial score (nSPS) is 12.4. The molecule has 0 spiro atoms. The van der Waals surface area contributed by atoms with Crippen LogP contribution in [0.5, 0.6) is 0 Å². The summed E-state index contributed by atoms with van der Waals surface area (Å²) in [6.07, 6.45) is 4.26. The summed E-state index contributed by atoms with van der Waals surface area (Å²) in [5, 5.41) is 0. The van der Waals surface area contributed by atoms with E-state index in [1.54, 1.807) is 24.5 Å². The molecule has 3 heteroatoms. The first-order chi connectivity index (χ1) is 8.15. The lowest BCUT2D eigenvalue weighted by atomic mass is 10.0. The van der Waals surface area contributed by atoms with Crippen LogP contribution in [0, 0.1) is 12.7 Å². The first kappa shape index (κ1) is 11.7. The second kappa shape index (κ2) is 5.06. The molecule has 2 N–H and O–H groups in total. The smallest absolute Gasteiger partial charge is 0.123 e. The molecule has 2 nitrogen and oxygen atoms in total. The highest BCUT2D eigenvalue weighted by molar-refractivity contribution is 5.24. The summed E-state index contributed by atoms with van der Waals surface area (Å²) >= 11 is 0. The van der Waals surface area contributed by atoms with Crippen molar-refractivity contribution in [3.8, 4) is 0 Å². The van der Waals surface area contributed by atoms with Crippen molar-refractivity contribution in [3.05, 3.63) is 65.2 Å². The molecule has 0 radical (unpaired) electrons. The summed E-state index contributed by atoms with van der Waals surface area (Å²) in [6.45, 7) is 1.99. The molecule has 2 aromatic rings. The van der Waals surface area contributed by atoms with E-state index >= 15 is 0 Å². The van der Waals surface area contributed by atoms with Crippen LogP contribution in [0.25, 0.3) is 0 Å². The van der Waals surface area contributed by atoms with Gasteiger partial charge in [-0.15, -0.1) is 0 Å². The number of nitrogens with zero attached hydrogens (tertiary/aromatic N) is 1. The number of pyridine rings is 1. The molecule has 88 valence electrons. The van der Waals surface area contributed by atoms with Gasteiger partial charge in [0.25, 0.3) is 0 Å². The first-order valence-electron chi connectivity index (χ1n) is 5.57. The van der Waals surface area contributed by atoms with Crippen molar-refractivity contribution in [2.75, 3.05) is 0 Å². The number of hydrogen-bond acceptors (Lipinski definition) is 2. The average molecular weight is 230 g/mol. The molecular weight excluding hydrogens is 215 g/mol. The highest BCUT2D eigenvalue weighted by Gasteiger charge is 2.07. The van der Waals surface area contributed by atoms with Crippen molar-refractivity contribution in [2.45, 2.75) is 19.4 Å². The fourth-order valence-corrected chi connectivity index (χ4v) is 1.77. The molecule has 0 saturated heterocycles. The molecule has 17 heavy (non-hydrogen) atoms. The quantitative estimate of drug-likeness (QED) is 0.880. The van der Waals surface area contributed by atoms with Gasteiger partial charge in [0, 0.05) is 18.4 Å². The Morgan fingerprint density at radius 1 is 1.24 bits per heavy atom. The van der Waals surface area contributed by atoms with Gasteiger partial charge in [-0.2, -0.15) is 0 Å². The van der Waals surface area contributed by atoms with E-state index in [1.165, 1.54) is 12.1 Å². The fourth-order valence-electron chi connectivity index (χ4n) is 1.77. The molecule has 1 heterocycles. The molecule has 1 aromatic carbocycles. The van der Waals surface area contributed by atoms with Gasteiger partial charge in [-0.05, 0) is 42.2 Å². The summed E-state index contributed by atoms with van der Waals surface area (Å²) in [7, 11) is 0. The van der Waals surface area contributed by atoms with Gasteiger partial charge in [-0.25, -0.2) is 4.39 Å². The first-order valence-corrected chi connectivity index (χ1v) is 5.57. The minimum absolute atomic E-state index is 0.104. The Labute approximate surface area is 100 Å². The van der Waals surface area contributed by atoms with Gasteiger partial charge in [-0.1, -0.05) is 18.2 Å². The Bertz CT molecular complexity index is 494. The monoisotopic (exact) mass is 230 g/mol. The standard InChI is InChI=1S/C14H15FN2/c1-10-6-12(9-17-8-10)14(16)7-11-2-4-13(15)5-3-11/h2-6,8-9,14H,7,16H2,1H3. The van der Waals surface area contributed by atoms with Crippen LogP contribution in [0.1, 0.15) is 22.7 Å². The van der Waals surface area contributed by atoms with Gasteiger partial charge in [0.05, 0.1) is 0 Å². The minimum Gasteiger partial charge on any atom is -0.324 e. The molecule has 1 aromatic heterocycles. The molecular formula is C14H15FN2. The lowest BCUT2D eigenvalue weighted by molar-refractivity contribution is 0.625. The zero-order chi connectivity index (χ0) is 12.3. The Morgan fingerprint density at radius 2 is 1.94 bits per heavy atom. The van der Waals surface area contributed by atoms with Gasteiger partial charge >= 0.3 is 0 Å². The third kappa shape index (κ3) is 3.11. The zero-order valence-corrected chi connectivity index (χ0v) is 9.73. The summed E-state index contributed by atoms with van der Waals surface area (Å²) in [5.74, 6) is -0.223. The molecule has 1 atom stereocenters. The van der Waals surface area contributed by atoms with E-state index in [0.29, 0.717) is 6.42 Å². The molecule has 0 aliphatic heterocycles. The van der Waals surface area contributed by atoms with Crippen molar-refractivity contribution in [2.24, 2.45) is 5.73 Å². The number of aromatic nitrogens is 1. The molecule has 0 amide bonds. The fraction of sp³-hybridized carbons (Fsp3) is 0.214. The molecule has 2 rings (SSSR count). The lowest BCUT2D eigenvalue weighted by Gasteiger charge is -2.12. The molecule has 0 fully saturated rings. The maximum atomic E-state index is 12.8. The van der Waals surface area contributed by atoms with Crippen molar-refractivity contribution in [1.29, 1.82) is 0 Å². The van der Waals surface area contributed by atoms with Crippen LogP contribution in [-0.4, -0.2) is 4.98 Å². The van der Waals surface area contributed by atoms with Crippen molar-refractivity contribution < 1.29 is 4.39 Å². The number of halogens is 1. The van der Waals surface area contributed by atoms with Gasteiger partial charge in [0.1, 0.15) is 5.82 Å². The Hall–Kier alpha value is -1.74. The maximum absolute atomic E-state index is 12.8. The van der Waals surface area contributed by atoms with Crippen LogP contribution in [0.3, 0.4) is 0 Å². The Morgan fingerprint density at radius 3 is 2.59 bits per heavy atom. The zero-order valence-electron chi connectivity index (χ0n) is 9.73. The second-order valence-electron chi connectivity index (χ2n) is 4.23. The summed E-state index contributed by atoms with van der Waals surface area (Å²) in [4.78, 5) is 4.12. The summed E-state index contributed by atoms with van der Waals surface area (Å²) in [6, 6.07) is 8.36. The maximum Gasteiger partial charge on any atom is 0.123 e. The van der Waals surface area contributed by atoms with E-state index in [0.717, 1.165) is 16.7 Å². The van der Waals surface area contributed by atoms with Crippen LogP contribution in [0.15, 0.2) is 42.7 Å². The van der Waals surface area contributed by atoms with E-state index in [9.17, 15) is 4.39 Å². The highest BCUT2D eigenvalue weighted by atomic mass is 19.1. The van der Waals surface area contributed by atoms with Gasteiger partial charge in [0.15, 0.2) is 0 Å². The third-order valence-electron chi connectivity index (χ3n) is 2.69. The summed E-state index contributed by atoms with van der Waals surface area (Å²) < 4.78 is 12.8. The molecule has 0 aliphatic rings. The number of hydrogen-bond donors (Lipinski definition) is 1. The van der Waals surface area contributed by atoms with Crippen LogP contribution in [0.2, 0.25) is 0 Å². The Balaban J connectivity index is 2.11. The van der Waals surface area contributed by atoms with Gasteiger partial charge in [-0.3, -0.25) is 4.98 Å². The SMILES string of the molecule is Cc1cncc(C(N)Cc2ccc(F)cc2)c1. The number of nitrogens with two attached hydrogens (primary N) is 1. The van der Waals surface area contributed by atoms with Gasteiger partial charge in [0.2, 0.25) is 0 Å². The van der Waals surface area contributed by atoms with Crippen LogP contribution in [-0.2, 0) is 6.42 Å². The highest BCUT2D eigenvalue weighted by Crippen LogP contribution is 2.16. The molecule has 0 aliphatic carbocycles. The predicted molar refractivity (Wildman–Crippen MR) is 66.0 cm³/mol. The molecule has 0 bridgehead atoms. The van der Waals surface area contributed by atoms with Crippen molar-refractivity contribution in [1.82, 2.24) is 4.98 Å². The molecule has 0 saturated carbocycles. The van der Waals surface area contributed by atoms with E-state index in [2.05, 4.69) is 4.98 Å². The number of aryl methyl sites for hydroxylation is 1. The van der Waals surface area contributed by atoms with E-state index in [1.807, 2.05) is 13.0 Å². The van der Waals surface area contributed by atoms with Crippen LogP contribution in [0.4, 0.5) is 4.39 Å². The minimum atomic E-state index is -0.223. The van der Waals surface area contributed by atoms with Crippen molar-refractivity contribution >= 4 is 0 Å². The summed E-state index contributed by atoms with van der Waals surface area (Å²) in [5.41, 5.74) is 9.23. The molecule has 1 unspecified atom stereocenters.